The molecule has 2 fully saturated rings. The van der Waals surface area contributed by atoms with Crippen LogP contribution in [0.5, 0.6) is 0 Å². The first-order valence-corrected chi connectivity index (χ1v) is 10.4. The molecular formula is C23H20F5N3O3. The van der Waals surface area contributed by atoms with E-state index in [-0.39, 0.29) is 10.5 Å². The Labute approximate surface area is 191 Å². The Morgan fingerprint density at radius 2 is 1.88 bits per heavy atom. The summed E-state index contributed by atoms with van der Waals surface area (Å²) in [5.74, 6) is -2.84. The lowest BCUT2D eigenvalue weighted by Crippen LogP contribution is -2.50. The molecule has 4 amide bonds. The van der Waals surface area contributed by atoms with Gasteiger partial charge in [0, 0.05) is 12.0 Å². The fourth-order valence-corrected chi connectivity index (χ4v) is 4.04. The zero-order chi connectivity index (χ0) is 24.8. The number of rotatable bonds is 5. The topological polar surface area (TPSA) is 60.9 Å². The van der Waals surface area contributed by atoms with Crippen molar-refractivity contribution in [2.24, 2.45) is 5.41 Å². The van der Waals surface area contributed by atoms with E-state index in [4.69, 9.17) is 0 Å². The van der Waals surface area contributed by atoms with Crippen LogP contribution in [-0.2, 0) is 16.1 Å². The highest BCUT2D eigenvalue weighted by molar-refractivity contribution is 6.04. The zero-order valence-electron chi connectivity index (χ0n) is 18.0. The number of fused-ring (bicyclic) bond motifs is 1. The Kier molecular flexibility index (Phi) is 5.82. The minimum atomic E-state index is -4.78. The lowest BCUT2D eigenvalue weighted by molar-refractivity contribution is -0.187. The first-order valence-electron chi connectivity index (χ1n) is 10.4. The number of hydrogen-bond donors (Lipinski definition) is 0. The van der Waals surface area contributed by atoms with Gasteiger partial charge >= 0.3 is 12.2 Å². The van der Waals surface area contributed by atoms with Crippen molar-refractivity contribution >= 4 is 17.8 Å². The average Bonchev–Trinajstić information content (AvgIpc) is 3.33. The number of carbonyl (C=O) groups is 3. The summed E-state index contributed by atoms with van der Waals surface area (Å²) in [6.45, 7) is -1.73. The molecule has 2 bridgehead atoms. The van der Waals surface area contributed by atoms with Crippen molar-refractivity contribution in [1.82, 2.24) is 14.9 Å². The molecule has 0 aromatic heterocycles. The summed E-state index contributed by atoms with van der Waals surface area (Å²) in [6.07, 6.45) is 5.59. The van der Waals surface area contributed by atoms with E-state index in [9.17, 15) is 36.4 Å². The van der Waals surface area contributed by atoms with E-state index in [2.05, 4.69) is 24.3 Å². The minimum absolute atomic E-state index is 0.210. The Hall–Kier alpha value is -3.50. The maximum absolute atomic E-state index is 13.1. The third-order valence-electron chi connectivity index (χ3n) is 6.17. The van der Waals surface area contributed by atoms with Crippen LogP contribution in [0.4, 0.5) is 26.8 Å². The second kappa shape index (κ2) is 8.37. The fraction of sp³-hybridized carbons (Fsp3) is 0.348. The number of halogens is 5. The number of nitrogens with zero attached hydrogens (tertiary/aromatic N) is 3. The second-order valence-corrected chi connectivity index (χ2v) is 8.47. The van der Waals surface area contributed by atoms with Crippen LogP contribution in [0.2, 0.25) is 0 Å². The van der Waals surface area contributed by atoms with E-state index in [1.54, 1.807) is 11.1 Å². The van der Waals surface area contributed by atoms with Gasteiger partial charge in [-0.2, -0.15) is 13.2 Å². The number of allylic oxidation sites excluding steroid dienone is 6. The molecule has 5 aliphatic rings. The van der Waals surface area contributed by atoms with Crippen molar-refractivity contribution < 1.29 is 36.4 Å². The normalized spacial score (nSPS) is 22.8. The van der Waals surface area contributed by atoms with E-state index in [0.29, 0.717) is 10.3 Å². The predicted molar refractivity (Wildman–Crippen MR) is 110 cm³/mol. The summed E-state index contributed by atoms with van der Waals surface area (Å²) >= 11 is 0. The van der Waals surface area contributed by atoms with E-state index in [1.807, 2.05) is 0 Å². The van der Waals surface area contributed by atoms with Gasteiger partial charge in [-0.25, -0.2) is 9.18 Å². The molecule has 2 atom stereocenters. The third-order valence-corrected chi connectivity index (χ3v) is 6.17. The monoisotopic (exact) mass is 481 g/mol. The molecule has 0 radical (unpaired) electrons. The van der Waals surface area contributed by atoms with Crippen molar-refractivity contribution in [3.63, 3.8) is 0 Å². The summed E-state index contributed by atoms with van der Waals surface area (Å²) in [5, 5.41) is -0.437. The van der Waals surface area contributed by atoms with E-state index in [1.165, 1.54) is 18.6 Å². The van der Waals surface area contributed by atoms with Gasteiger partial charge in [-0.05, 0) is 42.2 Å². The van der Waals surface area contributed by atoms with Gasteiger partial charge in [0.25, 0.3) is 5.91 Å². The number of imide groups is 1. The number of benzene rings is 1. The van der Waals surface area contributed by atoms with Crippen molar-refractivity contribution in [2.75, 3.05) is 13.1 Å². The van der Waals surface area contributed by atoms with E-state index < -0.39 is 60.6 Å². The van der Waals surface area contributed by atoms with Crippen molar-refractivity contribution in [2.45, 2.75) is 32.1 Å². The van der Waals surface area contributed by atoms with Crippen LogP contribution in [0.1, 0.15) is 18.9 Å². The molecule has 1 saturated heterocycles. The molecule has 11 heteroatoms. The molecule has 1 heterocycles. The van der Waals surface area contributed by atoms with Gasteiger partial charge in [0.1, 0.15) is 24.9 Å². The van der Waals surface area contributed by atoms with Gasteiger partial charge in [-0.1, -0.05) is 40.9 Å². The number of carbonyl (C=O) groups excluding carboxylic acids is 3. The summed E-state index contributed by atoms with van der Waals surface area (Å²) in [6, 6.07) is 0.789. The maximum atomic E-state index is 13.1. The van der Waals surface area contributed by atoms with E-state index in [0.717, 1.165) is 19.1 Å². The molecule has 1 spiro atoms. The Balaban J connectivity index is 0.000000278. The van der Waals surface area contributed by atoms with Crippen LogP contribution in [0, 0.1) is 11.2 Å². The second-order valence-electron chi connectivity index (χ2n) is 8.47. The van der Waals surface area contributed by atoms with Crippen LogP contribution < -0.4 is 0 Å². The quantitative estimate of drug-likeness (QED) is 0.362. The zero-order valence-corrected chi connectivity index (χ0v) is 18.0. The molecule has 34 heavy (non-hydrogen) atoms. The van der Waals surface area contributed by atoms with Gasteiger partial charge in [0.05, 0.1) is 0 Å². The van der Waals surface area contributed by atoms with Crippen molar-refractivity contribution in [1.29, 1.82) is 0 Å². The molecular weight excluding hydrogens is 461 g/mol. The van der Waals surface area contributed by atoms with Gasteiger partial charge < -0.3 is 4.90 Å². The minimum Gasteiger partial charge on any atom is -0.325 e. The lowest BCUT2D eigenvalue weighted by Gasteiger charge is -2.31. The summed E-state index contributed by atoms with van der Waals surface area (Å²) in [4.78, 5) is 35.9. The van der Waals surface area contributed by atoms with E-state index >= 15 is 0 Å². The number of urea groups is 1. The van der Waals surface area contributed by atoms with Crippen LogP contribution in [-0.4, -0.2) is 58.1 Å². The number of hydrogen-bond acceptors (Lipinski definition) is 3. The first-order chi connectivity index (χ1) is 15.9. The Morgan fingerprint density at radius 3 is 2.35 bits per heavy atom. The van der Waals surface area contributed by atoms with Gasteiger partial charge in [0.2, 0.25) is 5.91 Å². The SMILES string of the molecule is C1=CC23C=C2C(=C1)C3.C[C@H](N(Cc1ccc(F)cc1)C(=O)CN1C(=O)CN(F)C1=O)C(F)(F)F. The third kappa shape index (κ3) is 4.46. The van der Waals surface area contributed by atoms with Gasteiger partial charge in [-0.15, -0.1) is 5.12 Å². The van der Waals surface area contributed by atoms with Crippen molar-refractivity contribution in [3.05, 3.63) is 71.1 Å². The summed E-state index contributed by atoms with van der Waals surface area (Å²) < 4.78 is 65.3. The smallest absolute Gasteiger partial charge is 0.325 e. The molecule has 1 saturated carbocycles. The number of amides is 4. The van der Waals surface area contributed by atoms with Crippen LogP contribution in [0.3, 0.4) is 0 Å². The average molecular weight is 481 g/mol. The van der Waals surface area contributed by atoms with Crippen LogP contribution >= 0.6 is 0 Å². The molecule has 180 valence electrons. The highest BCUT2D eigenvalue weighted by Gasteiger charge is 2.54. The fourth-order valence-electron chi connectivity index (χ4n) is 4.04. The predicted octanol–water partition coefficient (Wildman–Crippen LogP) is 4.07. The molecule has 1 aromatic rings. The van der Waals surface area contributed by atoms with Crippen LogP contribution in [0.15, 0.2) is 59.7 Å². The summed E-state index contributed by atoms with van der Waals surface area (Å²) in [7, 11) is 0. The highest BCUT2D eigenvalue weighted by atomic mass is 19.4. The molecule has 4 aliphatic carbocycles. The van der Waals surface area contributed by atoms with Crippen molar-refractivity contribution in [3.8, 4) is 0 Å². The molecule has 1 aliphatic heterocycles. The largest absolute Gasteiger partial charge is 0.408 e. The highest BCUT2D eigenvalue weighted by Crippen LogP contribution is 2.66. The first kappa shape index (κ1) is 23.7. The van der Waals surface area contributed by atoms with Crippen LogP contribution in [0.25, 0.3) is 0 Å². The maximum Gasteiger partial charge on any atom is 0.408 e. The standard InChI is InChI=1S/C15H14F5N3O3.C8H6/c1-9(15(17,18)19)21(6-10-2-4-11(16)5-3-10)12(24)7-22-13(25)8-23(20)14(22)26;1-2-6-4-8(3-1)5-7(6)8/h2-5,9H,6-8H2,1H3;1-3,5H,4H2/t9-;/m0./s1. The molecule has 6 nitrogen and oxygen atoms in total. The summed E-state index contributed by atoms with van der Waals surface area (Å²) in [5.41, 5.74) is 3.93. The molecule has 1 aromatic carbocycles. The molecule has 0 N–H and O–H groups in total. The molecule has 6 rings (SSSR count). The van der Waals surface area contributed by atoms with Gasteiger partial charge in [0.15, 0.2) is 0 Å². The Bertz CT molecular complexity index is 1130. The van der Waals surface area contributed by atoms with Gasteiger partial charge in [-0.3, -0.25) is 14.5 Å². The number of alkyl halides is 3. The molecule has 1 unspecified atom stereocenters. The Morgan fingerprint density at radius 1 is 1.21 bits per heavy atom. The lowest BCUT2D eigenvalue weighted by atomic mass is 9.74.